The third kappa shape index (κ3) is 8.88. The Hall–Kier alpha value is -0.0800. The average molecular weight is 214 g/mol. The summed E-state index contributed by atoms with van der Waals surface area (Å²) in [6, 6.07) is 0. The molecule has 1 atom stereocenters. The van der Waals surface area contributed by atoms with Crippen LogP contribution in [-0.2, 0) is 0 Å². The topological polar surface area (TPSA) is 38.0 Å². The van der Waals surface area contributed by atoms with Crippen molar-refractivity contribution in [3.63, 3.8) is 0 Å². The zero-order valence-corrected chi connectivity index (χ0v) is 11.1. The summed E-state index contributed by atoms with van der Waals surface area (Å²) < 4.78 is 0. The second kappa shape index (κ2) is 8.12. The Labute approximate surface area is 96.0 Å². The largest absolute Gasteiger partial charge is 0.330 e. The molecule has 15 heavy (non-hydrogen) atoms. The molecule has 0 saturated heterocycles. The Bertz CT molecular complexity index is 143. The molecule has 0 heterocycles. The first-order valence-corrected chi connectivity index (χ1v) is 6.42. The minimum absolute atomic E-state index is 0.447. The minimum atomic E-state index is 0.447. The van der Waals surface area contributed by atoms with Crippen molar-refractivity contribution in [3.05, 3.63) is 0 Å². The molecule has 0 fully saturated rings. The van der Waals surface area contributed by atoms with Crippen LogP contribution in [0.5, 0.6) is 0 Å². The molecule has 0 aromatic rings. The highest BCUT2D eigenvalue weighted by molar-refractivity contribution is 4.69. The van der Waals surface area contributed by atoms with Crippen LogP contribution in [0.1, 0.15) is 53.4 Å². The van der Waals surface area contributed by atoms with Gasteiger partial charge in [0.2, 0.25) is 0 Å². The molecule has 0 saturated carbocycles. The fourth-order valence-electron chi connectivity index (χ4n) is 1.56. The molecule has 0 bridgehead atoms. The van der Waals surface area contributed by atoms with Gasteiger partial charge >= 0.3 is 0 Å². The lowest BCUT2D eigenvalue weighted by molar-refractivity contribution is 0.325. The highest BCUT2D eigenvalue weighted by Gasteiger charge is 2.13. The van der Waals surface area contributed by atoms with E-state index in [2.05, 4.69) is 33.0 Å². The van der Waals surface area contributed by atoms with Crippen molar-refractivity contribution < 1.29 is 0 Å². The smallest absolute Gasteiger partial charge is 0.000241 e. The van der Waals surface area contributed by atoms with E-state index in [0.717, 1.165) is 25.6 Å². The molecule has 0 aliphatic rings. The molecule has 0 rings (SSSR count). The van der Waals surface area contributed by atoms with Gasteiger partial charge < -0.3 is 11.1 Å². The van der Waals surface area contributed by atoms with Crippen LogP contribution in [-0.4, -0.2) is 19.6 Å². The van der Waals surface area contributed by atoms with Crippen molar-refractivity contribution in [1.29, 1.82) is 0 Å². The molecule has 92 valence electrons. The van der Waals surface area contributed by atoms with Gasteiger partial charge in [-0.1, -0.05) is 27.7 Å². The first-order chi connectivity index (χ1) is 7.02. The number of nitrogens with two attached hydrogens (primary N) is 1. The fourth-order valence-corrected chi connectivity index (χ4v) is 1.56. The molecule has 0 aromatic carbocycles. The Morgan fingerprint density at radius 3 is 2.47 bits per heavy atom. The summed E-state index contributed by atoms with van der Waals surface area (Å²) in [5.74, 6) is 0.788. The zero-order valence-electron chi connectivity index (χ0n) is 11.1. The lowest BCUT2D eigenvalue weighted by Gasteiger charge is -2.23. The van der Waals surface area contributed by atoms with Crippen LogP contribution >= 0.6 is 0 Å². The predicted octanol–water partition coefficient (Wildman–Crippen LogP) is 2.78. The summed E-state index contributed by atoms with van der Waals surface area (Å²) in [7, 11) is 0. The van der Waals surface area contributed by atoms with Crippen LogP contribution in [0.2, 0.25) is 0 Å². The molecule has 2 heteroatoms. The molecule has 0 aliphatic carbocycles. The summed E-state index contributed by atoms with van der Waals surface area (Å²) in [6.07, 6.45) is 4.99. The van der Waals surface area contributed by atoms with Crippen LogP contribution in [0.3, 0.4) is 0 Å². The van der Waals surface area contributed by atoms with Crippen molar-refractivity contribution in [1.82, 2.24) is 5.32 Å². The van der Waals surface area contributed by atoms with Gasteiger partial charge in [0.25, 0.3) is 0 Å². The molecule has 0 spiro atoms. The van der Waals surface area contributed by atoms with E-state index in [-0.39, 0.29) is 0 Å². The molecule has 2 nitrogen and oxygen atoms in total. The van der Waals surface area contributed by atoms with E-state index in [0.29, 0.717) is 5.41 Å². The standard InChI is InChI=1S/C13H30N2/c1-5-13(3,4)11-15-10-6-7-12(2)8-9-14/h12,15H,5-11,14H2,1-4H3. The van der Waals surface area contributed by atoms with Gasteiger partial charge in [-0.3, -0.25) is 0 Å². The number of hydrogen-bond acceptors (Lipinski definition) is 2. The van der Waals surface area contributed by atoms with E-state index in [1.807, 2.05) is 0 Å². The van der Waals surface area contributed by atoms with Crippen LogP contribution in [0.25, 0.3) is 0 Å². The molecular weight excluding hydrogens is 184 g/mol. The lowest BCUT2D eigenvalue weighted by Crippen LogP contribution is -2.29. The molecule has 0 radical (unpaired) electrons. The van der Waals surface area contributed by atoms with Crippen LogP contribution in [0.15, 0.2) is 0 Å². The van der Waals surface area contributed by atoms with E-state index in [1.165, 1.54) is 25.7 Å². The highest BCUT2D eigenvalue weighted by Crippen LogP contribution is 2.17. The molecular formula is C13H30N2. The van der Waals surface area contributed by atoms with Gasteiger partial charge in [0.05, 0.1) is 0 Å². The molecule has 0 aliphatic heterocycles. The number of hydrogen-bond donors (Lipinski definition) is 2. The van der Waals surface area contributed by atoms with E-state index < -0.39 is 0 Å². The van der Waals surface area contributed by atoms with Gasteiger partial charge in [-0.05, 0) is 50.1 Å². The maximum Gasteiger partial charge on any atom is 0.000241 e. The summed E-state index contributed by atoms with van der Waals surface area (Å²) in [5.41, 5.74) is 5.97. The van der Waals surface area contributed by atoms with E-state index in [1.54, 1.807) is 0 Å². The molecule has 0 amide bonds. The highest BCUT2D eigenvalue weighted by atomic mass is 14.9. The van der Waals surface area contributed by atoms with Gasteiger partial charge in [0.15, 0.2) is 0 Å². The van der Waals surface area contributed by atoms with E-state index in [4.69, 9.17) is 5.73 Å². The van der Waals surface area contributed by atoms with E-state index >= 15 is 0 Å². The summed E-state index contributed by atoms with van der Waals surface area (Å²) in [4.78, 5) is 0. The number of nitrogens with one attached hydrogen (secondary N) is 1. The monoisotopic (exact) mass is 214 g/mol. The summed E-state index contributed by atoms with van der Waals surface area (Å²) in [5, 5.41) is 3.54. The zero-order chi connectivity index (χ0) is 11.7. The summed E-state index contributed by atoms with van der Waals surface area (Å²) >= 11 is 0. The Morgan fingerprint density at radius 2 is 1.93 bits per heavy atom. The van der Waals surface area contributed by atoms with E-state index in [9.17, 15) is 0 Å². The van der Waals surface area contributed by atoms with Crippen molar-refractivity contribution in [2.24, 2.45) is 17.1 Å². The predicted molar refractivity (Wildman–Crippen MR) is 69.0 cm³/mol. The van der Waals surface area contributed by atoms with Gasteiger partial charge in [-0.2, -0.15) is 0 Å². The van der Waals surface area contributed by atoms with Crippen LogP contribution < -0.4 is 11.1 Å². The summed E-state index contributed by atoms with van der Waals surface area (Å²) in [6.45, 7) is 12.3. The Morgan fingerprint density at radius 1 is 1.27 bits per heavy atom. The number of rotatable bonds is 9. The van der Waals surface area contributed by atoms with Crippen molar-refractivity contribution in [2.75, 3.05) is 19.6 Å². The first-order valence-electron chi connectivity index (χ1n) is 6.42. The second-order valence-corrected chi connectivity index (χ2v) is 5.52. The Kier molecular flexibility index (Phi) is 8.07. The maximum atomic E-state index is 5.52. The van der Waals surface area contributed by atoms with Crippen LogP contribution in [0, 0.1) is 11.3 Å². The van der Waals surface area contributed by atoms with Gasteiger partial charge in [0, 0.05) is 6.54 Å². The molecule has 3 N–H and O–H groups in total. The first kappa shape index (κ1) is 14.9. The Balaban J connectivity index is 3.32. The van der Waals surface area contributed by atoms with Crippen LogP contribution in [0.4, 0.5) is 0 Å². The van der Waals surface area contributed by atoms with Crippen molar-refractivity contribution >= 4 is 0 Å². The van der Waals surface area contributed by atoms with Gasteiger partial charge in [-0.15, -0.1) is 0 Å². The lowest BCUT2D eigenvalue weighted by atomic mass is 9.90. The minimum Gasteiger partial charge on any atom is -0.330 e. The quantitative estimate of drug-likeness (QED) is 0.579. The average Bonchev–Trinajstić information content (AvgIpc) is 2.17. The fraction of sp³-hybridized carbons (Fsp3) is 1.00. The third-order valence-electron chi connectivity index (χ3n) is 3.27. The second-order valence-electron chi connectivity index (χ2n) is 5.52. The molecule has 1 unspecified atom stereocenters. The van der Waals surface area contributed by atoms with Crippen molar-refractivity contribution in [2.45, 2.75) is 53.4 Å². The van der Waals surface area contributed by atoms with Gasteiger partial charge in [0.1, 0.15) is 0 Å². The van der Waals surface area contributed by atoms with Crippen molar-refractivity contribution in [3.8, 4) is 0 Å². The third-order valence-corrected chi connectivity index (χ3v) is 3.27. The maximum absolute atomic E-state index is 5.52. The SMILES string of the molecule is CCC(C)(C)CNCCCC(C)CCN. The molecule has 0 aromatic heterocycles. The normalized spacial score (nSPS) is 14.2. The van der Waals surface area contributed by atoms with Gasteiger partial charge in [-0.25, -0.2) is 0 Å².